The van der Waals surface area contributed by atoms with Crippen molar-refractivity contribution in [2.24, 2.45) is 5.41 Å². The summed E-state index contributed by atoms with van der Waals surface area (Å²) in [5.74, 6) is 0. The molecule has 0 bridgehead atoms. The summed E-state index contributed by atoms with van der Waals surface area (Å²) < 4.78 is 0. The average Bonchev–Trinajstić information content (AvgIpc) is 3.17. The molecule has 2 fully saturated rings. The van der Waals surface area contributed by atoms with Gasteiger partial charge in [0.05, 0.1) is 23.5 Å². The summed E-state index contributed by atoms with van der Waals surface area (Å²) in [5.41, 5.74) is 1.88. The first-order chi connectivity index (χ1) is 7.80. The van der Waals surface area contributed by atoms with Crippen LogP contribution in [0.25, 0.3) is 10.9 Å². The standard InChI is InChI=1S/C12H10N4.H2/c13-7-12(6-11(12)1-2-11)10-3-9-8(4-14-10)5-15-16-9;/h3-5H,1-2,6H2,(H,15,16);1H. The summed E-state index contributed by atoms with van der Waals surface area (Å²) in [6.07, 6.45) is 6.92. The van der Waals surface area contributed by atoms with E-state index >= 15 is 0 Å². The highest BCUT2D eigenvalue weighted by molar-refractivity contribution is 5.77. The minimum atomic E-state index is -0.299. The lowest BCUT2D eigenvalue weighted by Gasteiger charge is -2.06. The average molecular weight is 212 g/mol. The van der Waals surface area contributed by atoms with Crippen LogP contribution in [0.15, 0.2) is 18.5 Å². The highest BCUT2D eigenvalue weighted by Crippen LogP contribution is 2.78. The van der Waals surface area contributed by atoms with E-state index in [1.165, 1.54) is 12.8 Å². The smallest absolute Gasteiger partial charge is 0.106 e. The van der Waals surface area contributed by atoms with Crippen LogP contribution in [0.2, 0.25) is 0 Å². The summed E-state index contributed by atoms with van der Waals surface area (Å²) >= 11 is 0. The van der Waals surface area contributed by atoms with Crippen molar-refractivity contribution in [1.82, 2.24) is 15.2 Å². The Morgan fingerprint density at radius 3 is 3.00 bits per heavy atom. The van der Waals surface area contributed by atoms with Gasteiger partial charge in [0, 0.05) is 13.0 Å². The molecule has 0 aromatic carbocycles. The SMILES string of the molecule is N#CC1(c2cc3[nH]ncc3cn2)CC12CC2.[HH]. The molecule has 4 heteroatoms. The monoisotopic (exact) mass is 212 g/mol. The molecule has 4 nitrogen and oxygen atoms in total. The number of fused-ring (bicyclic) bond motifs is 1. The Balaban J connectivity index is 0.000000902. The van der Waals surface area contributed by atoms with E-state index in [0.29, 0.717) is 0 Å². The number of hydrogen-bond donors (Lipinski definition) is 1. The van der Waals surface area contributed by atoms with Gasteiger partial charge in [0.1, 0.15) is 5.41 Å². The van der Waals surface area contributed by atoms with Crippen molar-refractivity contribution in [2.75, 3.05) is 0 Å². The quantitative estimate of drug-likeness (QED) is 0.787. The van der Waals surface area contributed by atoms with Crippen molar-refractivity contribution in [3.63, 3.8) is 0 Å². The minimum absolute atomic E-state index is 0. The summed E-state index contributed by atoms with van der Waals surface area (Å²) in [4.78, 5) is 4.44. The minimum Gasteiger partial charge on any atom is -0.278 e. The Hall–Kier alpha value is -1.89. The highest BCUT2D eigenvalue weighted by Gasteiger charge is 2.76. The molecule has 1 unspecified atom stereocenters. The number of hydrogen-bond acceptors (Lipinski definition) is 3. The van der Waals surface area contributed by atoms with Gasteiger partial charge in [-0.2, -0.15) is 10.4 Å². The fourth-order valence-corrected chi connectivity index (χ4v) is 2.87. The molecule has 0 saturated heterocycles. The predicted octanol–water partition coefficient (Wildman–Crippen LogP) is 2.15. The molecule has 1 atom stereocenters. The van der Waals surface area contributed by atoms with Gasteiger partial charge in [0.15, 0.2) is 0 Å². The molecule has 1 spiro atoms. The molecule has 2 aromatic heterocycles. The zero-order valence-electron chi connectivity index (χ0n) is 8.70. The van der Waals surface area contributed by atoms with Gasteiger partial charge in [-0.05, 0) is 30.7 Å². The van der Waals surface area contributed by atoms with Gasteiger partial charge < -0.3 is 0 Å². The molecule has 0 radical (unpaired) electrons. The lowest BCUT2D eigenvalue weighted by molar-refractivity contribution is 0.716. The molecule has 80 valence electrons. The van der Waals surface area contributed by atoms with Gasteiger partial charge >= 0.3 is 0 Å². The second-order valence-corrected chi connectivity index (χ2v) is 5.00. The van der Waals surface area contributed by atoms with Crippen molar-refractivity contribution in [3.8, 4) is 6.07 Å². The number of pyridine rings is 1. The maximum absolute atomic E-state index is 9.39. The van der Waals surface area contributed by atoms with Crippen LogP contribution >= 0.6 is 0 Å². The van der Waals surface area contributed by atoms with Crippen LogP contribution in [0.3, 0.4) is 0 Å². The molecule has 2 aromatic rings. The zero-order valence-corrected chi connectivity index (χ0v) is 8.70. The van der Waals surface area contributed by atoms with E-state index in [4.69, 9.17) is 0 Å². The molecule has 2 heterocycles. The molecule has 0 aliphatic heterocycles. The van der Waals surface area contributed by atoms with Crippen LogP contribution in [0.4, 0.5) is 0 Å². The normalized spacial score (nSPS) is 29.2. The van der Waals surface area contributed by atoms with Crippen molar-refractivity contribution < 1.29 is 1.43 Å². The summed E-state index contributed by atoms with van der Waals surface area (Å²) in [7, 11) is 0. The highest BCUT2D eigenvalue weighted by atomic mass is 15.1. The first-order valence-electron chi connectivity index (χ1n) is 5.51. The Morgan fingerprint density at radius 1 is 1.44 bits per heavy atom. The second-order valence-electron chi connectivity index (χ2n) is 5.00. The van der Waals surface area contributed by atoms with Crippen molar-refractivity contribution >= 4 is 10.9 Å². The maximum Gasteiger partial charge on any atom is 0.106 e. The van der Waals surface area contributed by atoms with Gasteiger partial charge in [0.2, 0.25) is 0 Å². The van der Waals surface area contributed by atoms with Gasteiger partial charge in [-0.15, -0.1) is 0 Å². The first-order valence-corrected chi connectivity index (χ1v) is 5.51. The number of aromatic nitrogens is 3. The lowest BCUT2D eigenvalue weighted by Crippen LogP contribution is -2.09. The van der Waals surface area contributed by atoms with Crippen LogP contribution < -0.4 is 0 Å². The third-order valence-electron chi connectivity index (χ3n) is 4.19. The first kappa shape index (κ1) is 8.28. The van der Waals surface area contributed by atoms with Crippen molar-refractivity contribution in [3.05, 3.63) is 24.2 Å². The molecule has 16 heavy (non-hydrogen) atoms. The van der Waals surface area contributed by atoms with Crippen LogP contribution in [-0.4, -0.2) is 15.2 Å². The van der Waals surface area contributed by atoms with Crippen molar-refractivity contribution in [2.45, 2.75) is 24.7 Å². The Kier molecular flexibility index (Phi) is 1.17. The molecule has 2 saturated carbocycles. The third-order valence-corrected chi connectivity index (χ3v) is 4.19. The van der Waals surface area contributed by atoms with Crippen molar-refractivity contribution in [1.29, 1.82) is 5.26 Å². The molecule has 0 amide bonds. The molecular formula is C12H12N4. The van der Waals surface area contributed by atoms with Crippen LogP contribution in [0.1, 0.15) is 26.4 Å². The maximum atomic E-state index is 9.39. The van der Waals surface area contributed by atoms with E-state index in [0.717, 1.165) is 23.0 Å². The summed E-state index contributed by atoms with van der Waals surface area (Å²) in [5, 5.41) is 17.3. The summed E-state index contributed by atoms with van der Waals surface area (Å²) in [6, 6.07) is 4.47. The van der Waals surface area contributed by atoms with Crippen LogP contribution in [-0.2, 0) is 5.41 Å². The van der Waals surface area contributed by atoms with E-state index in [-0.39, 0.29) is 12.3 Å². The fourth-order valence-electron chi connectivity index (χ4n) is 2.87. The zero-order chi connectivity index (χ0) is 10.8. The van der Waals surface area contributed by atoms with E-state index in [2.05, 4.69) is 21.3 Å². The summed E-state index contributed by atoms with van der Waals surface area (Å²) in [6.45, 7) is 0. The Labute approximate surface area is 93.8 Å². The van der Waals surface area contributed by atoms with Gasteiger partial charge in [0.25, 0.3) is 0 Å². The largest absolute Gasteiger partial charge is 0.278 e. The number of aromatic amines is 1. The van der Waals surface area contributed by atoms with E-state index in [1.807, 2.05) is 12.3 Å². The lowest BCUT2D eigenvalue weighted by atomic mass is 9.99. The molecule has 2 aliphatic carbocycles. The molecule has 1 N–H and O–H groups in total. The number of H-pyrrole nitrogens is 1. The predicted molar refractivity (Wildman–Crippen MR) is 59.6 cm³/mol. The number of rotatable bonds is 1. The molecule has 2 aliphatic rings. The number of nitrogens with zero attached hydrogens (tertiary/aromatic N) is 3. The Morgan fingerprint density at radius 2 is 2.31 bits per heavy atom. The van der Waals surface area contributed by atoms with Gasteiger partial charge in [-0.1, -0.05) is 0 Å². The third kappa shape index (κ3) is 0.768. The second kappa shape index (κ2) is 2.27. The number of nitriles is 1. The topological polar surface area (TPSA) is 65.4 Å². The van der Waals surface area contributed by atoms with Crippen LogP contribution in [0.5, 0.6) is 0 Å². The fraction of sp³-hybridized carbons (Fsp3) is 0.417. The van der Waals surface area contributed by atoms with Crippen LogP contribution in [0, 0.1) is 16.7 Å². The van der Waals surface area contributed by atoms with E-state index < -0.39 is 0 Å². The Bertz CT molecular complexity index is 637. The molecular weight excluding hydrogens is 200 g/mol. The molecule has 4 rings (SSSR count). The number of nitrogens with one attached hydrogen (secondary N) is 1. The van der Waals surface area contributed by atoms with Gasteiger partial charge in [-0.25, -0.2) is 0 Å². The van der Waals surface area contributed by atoms with Gasteiger partial charge in [-0.3, -0.25) is 10.1 Å². The van der Waals surface area contributed by atoms with E-state index in [1.54, 1.807) is 6.20 Å². The van der Waals surface area contributed by atoms with E-state index in [9.17, 15) is 5.26 Å².